The van der Waals surface area contributed by atoms with Crippen LogP contribution in [-0.2, 0) is 6.54 Å². The van der Waals surface area contributed by atoms with Crippen molar-refractivity contribution in [2.24, 2.45) is 0 Å². The SMILES string of the molecule is O=C(O)c1cnn(Cc2nc(-c3cccc(-c4ccccc4)c3)cs2)c1. The van der Waals surface area contributed by atoms with Gasteiger partial charge in [0.1, 0.15) is 5.01 Å². The zero-order valence-electron chi connectivity index (χ0n) is 13.7. The van der Waals surface area contributed by atoms with E-state index in [1.807, 2.05) is 35.7 Å². The Balaban J connectivity index is 1.57. The van der Waals surface area contributed by atoms with E-state index < -0.39 is 5.97 Å². The van der Waals surface area contributed by atoms with Gasteiger partial charge in [0.15, 0.2) is 0 Å². The molecule has 128 valence electrons. The Hall–Kier alpha value is -3.25. The highest BCUT2D eigenvalue weighted by Crippen LogP contribution is 2.27. The molecule has 0 saturated heterocycles. The van der Waals surface area contributed by atoms with Crippen LogP contribution in [0.15, 0.2) is 72.4 Å². The summed E-state index contributed by atoms with van der Waals surface area (Å²) in [5, 5.41) is 15.9. The second-order valence-electron chi connectivity index (χ2n) is 5.81. The third kappa shape index (κ3) is 3.41. The molecule has 1 N–H and O–H groups in total. The Labute approximate surface area is 154 Å². The van der Waals surface area contributed by atoms with Gasteiger partial charge in [-0.3, -0.25) is 4.68 Å². The highest BCUT2D eigenvalue weighted by atomic mass is 32.1. The Bertz CT molecular complexity index is 1050. The van der Waals surface area contributed by atoms with E-state index in [9.17, 15) is 4.79 Å². The summed E-state index contributed by atoms with van der Waals surface area (Å²) < 4.78 is 1.59. The van der Waals surface area contributed by atoms with Gasteiger partial charge in [-0.1, -0.05) is 48.5 Å². The van der Waals surface area contributed by atoms with Crippen LogP contribution in [-0.4, -0.2) is 25.8 Å². The van der Waals surface area contributed by atoms with Crippen LogP contribution < -0.4 is 0 Å². The van der Waals surface area contributed by atoms with Gasteiger partial charge in [-0.05, 0) is 17.2 Å². The van der Waals surface area contributed by atoms with E-state index >= 15 is 0 Å². The number of carbonyl (C=O) groups is 1. The molecule has 0 saturated carbocycles. The molecule has 0 atom stereocenters. The van der Waals surface area contributed by atoms with Crippen LogP contribution in [0.4, 0.5) is 0 Å². The fourth-order valence-corrected chi connectivity index (χ4v) is 3.50. The second-order valence-corrected chi connectivity index (χ2v) is 6.75. The molecule has 0 aliphatic rings. The summed E-state index contributed by atoms with van der Waals surface area (Å²) in [4.78, 5) is 15.6. The predicted molar refractivity (Wildman–Crippen MR) is 101 cm³/mol. The van der Waals surface area contributed by atoms with E-state index in [2.05, 4.69) is 34.3 Å². The van der Waals surface area contributed by atoms with Crippen molar-refractivity contribution in [2.45, 2.75) is 6.54 Å². The minimum Gasteiger partial charge on any atom is -0.478 e. The summed E-state index contributed by atoms with van der Waals surface area (Å²) in [5.74, 6) is -0.978. The fourth-order valence-electron chi connectivity index (χ4n) is 2.70. The third-order valence-corrected chi connectivity index (χ3v) is 4.83. The first-order valence-electron chi connectivity index (χ1n) is 8.05. The number of aromatic nitrogens is 3. The summed E-state index contributed by atoms with van der Waals surface area (Å²) in [6.45, 7) is 0.455. The van der Waals surface area contributed by atoms with Crippen LogP contribution >= 0.6 is 11.3 Å². The number of carboxylic acids is 1. The number of thiazole rings is 1. The van der Waals surface area contributed by atoms with E-state index in [4.69, 9.17) is 5.11 Å². The molecular formula is C20H15N3O2S. The minimum absolute atomic E-state index is 0.178. The minimum atomic E-state index is -0.978. The van der Waals surface area contributed by atoms with Crippen LogP contribution in [0.3, 0.4) is 0 Å². The highest BCUT2D eigenvalue weighted by molar-refractivity contribution is 7.09. The molecule has 0 bridgehead atoms. The van der Waals surface area contributed by atoms with Crippen LogP contribution in [0.5, 0.6) is 0 Å². The summed E-state index contributed by atoms with van der Waals surface area (Å²) >= 11 is 1.54. The van der Waals surface area contributed by atoms with E-state index in [-0.39, 0.29) is 5.56 Å². The zero-order chi connectivity index (χ0) is 17.9. The number of rotatable bonds is 5. The maximum Gasteiger partial charge on any atom is 0.338 e. The van der Waals surface area contributed by atoms with Crippen molar-refractivity contribution in [3.63, 3.8) is 0 Å². The van der Waals surface area contributed by atoms with Gasteiger partial charge in [-0.25, -0.2) is 9.78 Å². The van der Waals surface area contributed by atoms with Gasteiger partial charge in [0.05, 0.1) is 24.0 Å². The van der Waals surface area contributed by atoms with E-state index in [0.29, 0.717) is 6.54 Å². The molecule has 0 amide bonds. The Morgan fingerprint density at radius 3 is 2.58 bits per heavy atom. The smallest absolute Gasteiger partial charge is 0.338 e. The highest BCUT2D eigenvalue weighted by Gasteiger charge is 2.09. The lowest BCUT2D eigenvalue weighted by Gasteiger charge is -2.04. The lowest BCUT2D eigenvalue weighted by Crippen LogP contribution is -2.00. The van der Waals surface area contributed by atoms with Crippen molar-refractivity contribution in [2.75, 3.05) is 0 Å². The number of hydrogen-bond acceptors (Lipinski definition) is 4. The molecule has 4 aromatic rings. The Morgan fingerprint density at radius 2 is 1.81 bits per heavy atom. The standard InChI is InChI=1S/C20H15N3O2S/c24-20(25)17-10-21-23(11-17)12-19-22-18(13-26-19)16-8-4-7-15(9-16)14-5-2-1-3-6-14/h1-11,13H,12H2,(H,24,25). The molecule has 2 heterocycles. The Kier molecular flexibility index (Phi) is 4.33. The molecule has 5 nitrogen and oxygen atoms in total. The van der Waals surface area contributed by atoms with Crippen molar-refractivity contribution in [1.82, 2.24) is 14.8 Å². The topological polar surface area (TPSA) is 68.0 Å². The van der Waals surface area contributed by atoms with Crippen molar-refractivity contribution in [1.29, 1.82) is 0 Å². The summed E-state index contributed by atoms with van der Waals surface area (Å²) in [6.07, 6.45) is 2.86. The first kappa shape index (κ1) is 16.2. The summed E-state index contributed by atoms with van der Waals surface area (Å²) in [6, 6.07) is 18.5. The number of nitrogens with zero attached hydrogens (tertiary/aromatic N) is 3. The molecule has 2 aromatic carbocycles. The fraction of sp³-hybridized carbons (Fsp3) is 0.0500. The maximum atomic E-state index is 10.9. The van der Waals surface area contributed by atoms with Crippen molar-refractivity contribution < 1.29 is 9.90 Å². The van der Waals surface area contributed by atoms with Gasteiger partial charge >= 0.3 is 5.97 Å². The monoisotopic (exact) mass is 361 g/mol. The average Bonchev–Trinajstić information content (AvgIpc) is 3.33. The maximum absolute atomic E-state index is 10.9. The normalized spacial score (nSPS) is 10.8. The molecule has 0 aliphatic heterocycles. The van der Waals surface area contributed by atoms with Crippen molar-refractivity contribution in [3.8, 4) is 22.4 Å². The predicted octanol–water partition coefficient (Wildman–Crippen LogP) is 4.42. The van der Waals surface area contributed by atoms with E-state index in [0.717, 1.165) is 21.8 Å². The molecule has 4 rings (SSSR count). The van der Waals surface area contributed by atoms with Crippen LogP contribution in [0, 0.1) is 0 Å². The van der Waals surface area contributed by atoms with Gasteiger partial charge < -0.3 is 5.11 Å². The average molecular weight is 361 g/mol. The van der Waals surface area contributed by atoms with E-state index in [1.54, 1.807) is 4.68 Å². The van der Waals surface area contributed by atoms with Crippen molar-refractivity contribution in [3.05, 3.63) is 82.9 Å². The van der Waals surface area contributed by atoms with Gasteiger partial charge in [-0.15, -0.1) is 11.3 Å². The molecule has 0 radical (unpaired) electrons. The first-order valence-corrected chi connectivity index (χ1v) is 8.93. The van der Waals surface area contributed by atoms with Gasteiger partial charge in [0, 0.05) is 17.1 Å². The van der Waals surface area contributed by atoms with E-state index in [1.165, 1.54) is 29.3 Å². The Morgan fingerprint density at radius 1 is 1.04 bits per heavy atom. The molecular weight excluding hydrogens is 346 g/mol. The van der Waals surface area contributed by atoms with Crippen LogP contribution in [0.2, 0.25) is 0 Å². The number of benzene rings is 2. The number of carboxylic acid groups (broad SMARTS) is 1. The number of hydrogen-bond donors (Lipinski definition) is 1. The number of aromatic carboxylic acids is 1. The van der Waals surface area contributed by atoms with Crippen LogP contribution in [0.1, 0.15) is 15.4 Å². The third-order valence-electron chi connectivity index (χ3n) is 3.99. The molecule has 0 unspecified atom stereocenters. The lowest BCUT2D eigenvalue weighted by molar-refractivity contribution is 0.0697. The summed E-state index contributed by atoms with van der Waals surface area (Å²) in [5.41, 5.74) is 4.46. The largest absolute Gasteiger partial charge is 0.478 e. The quantitative estimate of drug-likeness (QED) is 0.571. The van der Waals surface area contributed by atoms with Crippen LogP contribution in [0.25, 0.3) is 22.4 Å². The molecule has 0 aliphatic carbocycles. The molecule has 0 spiro atoms. The van der Waals surface area contributed by atoms with Gasteiger partial charge in [0.2, 0.25) is 0 Å². The second kappa shape index (κ2) is 6.93. The lowest BCUT2D eigenvalue weighted by atomic mass is 10.0. The van der Waals surface area contributed by atoms with Crippen molar-refractivity contribution >= 4 is 17.3 Å². The van der Waals surface area contributed by atoms with Gasteiger partial charge in [0.25, 0.3) is 0 Å². The molecule has 6 heteroatoms. The summed E-state index contributed by atoms with van der Waals surface area (Å²) in [7, 11) is 0. The zero-order valence-corrected chi connectivity index (χ0v) is 14.6. The molecule has 0 fully saturated rings. The first-order chi connectivity index (χ1) is 12.7. The molecule has 26 heavy (non-hydrogen) atoms. The van der Waals surface area contributed by atoms with Gasteiger partial charge in [-0.2, -0.15) is 5.10 Å². The molecule has 2 aromatic heterocycles.